The lowest BCUT2D eigenvalue weighted by Gasteiger charge is -2.38. The summed E-state index contributed by atoms with van der Waals surface area (Å²) < 4.78 is 0. The molecule has 2 atom stereocenters. The number of carbonyl (C=O) groups excluding carboxylic acids is 2. The number of hydrogen-bond acceptors (Lipinski definition) is 2. The van der Waals surface area contributed by atoms with Crippen LogP contribution in [0.25, 0.3) is 0 Å². The highest BCUT2D eigenvalue weighted by atomic mass is 16.2. The van der Waals surface area contributed by atoms with Gasteiger partial charge in [0.15, 0.2) is 0 Å². The van der Waals surface area contributed by atoms with Crippen molar-refractivity contribution in [2.75, 3.05) is 6.54 Å². The molecule has 1 aliphatic heterocycles. The molecule has 20 heavy (non-hydrogen) atoms. The fraction of sp³-hybridized carbons (Fsp3) is 0.500. The van der Waals surface area contributed by atoms with Crippen molar-refractivity contribution in [3.05, 3.63) is 35.9 Å². The Hall–Kier alpha value is -1.84. The Balaban J connectivity index is 2.00. The maximum absolute atomic E-state index is 12.1. The Labute approximate surface area is 120 Å². The molecule has 2 amide bonds. The average Bonchev–Trinajstić information content (AvgIpc) is 2.48. The van der Waals surface area contributed by atoms with Crippen LogP contribution >= 0.6 is 0 Å². The van der Waals surface area contributed by atoms with Crippen molar-refractivity contribution in [3.63, 3.8) is 0 Å². The first kappa shape index (κ1) is 14.6. The zero-order valence-corrected chi connectivity index (χ0v) is 12.1. The summed E-state index contributed by atoms with van der Waals surface area (Å²) >= 11 is 0. The average molecular weight is 274 g/mol. The number of nitrogens with one attached hydrogen (secondary N) is 1. The van der Waals surface area contributed by atoms with Gasteiger partial charge in [-0.05, 0) is 31.7 Å². The summed E-state index contributed by atoms with van der Waals surface area (Å²) in [4.78, 5) is 25.7. The SMILES string of the molecule is CCC1C(=O)NCC(=O)N1C(C)CCc1ccccc1. The summed E-state index contributed by atoms with van der Waals surface area (Å²) in [5.41, 5.74) is 1.27. The van der Waals surface area contributed by atoms with E-state index in [1.807, 2.05) is 32.0 Å². The van der Waals surface area contributed by atoms with E-state index in [4.69, 9.17) is 0 Å². The number of benzene rings is 1. The van der Waals surface area contributed by atoms with E-state index < -0.39 is 0 Å². The lowest BCUT2D eigenvalue weighted by atomic mass is 10.0. The normalized spacial score (nSPS) is 20.7. The highest BCUT2D eigenvalue weighted by Gasteiger charge is 2.35. The van der Waals surface area contributed by atoms with Crippen molar-refractivity contribution in [2.24, 2.45) is 0 Å². The zero-order valence-electron chi connectivity index (χ0n) is 12.1. The Morgan fingerprint density at radius 2 is 2.00 bits per heavy atom. The van der Waals surface area contributed by atoms with Crippen LogP contribution < -0.4 is 5.32 Å². The Morgan fingerprint density at radius 3 is 2.65 bits per heavy atom. The lowest BCUT2D eigenvalue weighted by Crippen LogP contribution is -2.60. The summed E-state index contributed by atoms with van der Waals surface area (Å²) in [6, 6.07) is 9.99. The van der Waals surface area contributed by atoms with E-state index in [2.05, 4.69) is 17.4 Å². The molecule has 0 bridgehead atoms. The van der Waals surface area contributed by atoms with Crippen molar-refractivity contribution in [1.82, 2.24) is 10.2 Å². The third-order valence-corrected chi connectivity index (χ3v) is 3.90. The summed E-state index contributed by atoms with van der Waals surface area (Å²) in [7, 11) is 0. The number of aryl methyl sites for hydroxylation is 1. The molecule has 0 saturated carbocycles. The number of nitrogens with zero attached hydrogens (tertiary/aromatic N) is 1. The molecule has 1 heterocycles. The van der Waals surface area contributed by atoms with Gasteiger partial charge in [0.05, 0.1) is 6.54 Å². The molecule has 1 fully saturated rings. The highest BCUT2D eigenvalue weighted by Crippen LogP contribution is 2.17. The minimum Gasteiger partial charge on any atom is -0.345 e. The second kappa shape index (κ2) is 6.55. The second-order valence-corrected chi connectivity index (χ2v) is 5.32. The molecule has 0 radical (unpaired) electrons. The summed E-state index contributed by atoms with van der Waals surface area (Å²) in [5.74, 6) is -0.00401. The fourth-order valence-corrected chi connectivity index (χ4v) is 2.77. The van der Waals surface area contributed by atoms with E-state index in [1.165, 1.54) is 5.56 Å². The molecular weight excluding hydrogens is 252 g/mol. The number of hydrogen-bond donors (Lipinski definition) is 1. The van der Waals surface area contributed by atoms with Gasteiger partial charge < -0.3 is 10.2 Å². The number of rotatable bonds is 5. The number of carbonyl (C=O) groups is 2. The summed E-state index contributed by atoms with van der Waals surface area (Å²) in [6.45, 7) is 4.10. The van der Waals surface area contributed by atoms with Crippen LogP contribution in [-0.4, -0.2) is 35.3 Å². The predicted octanol–water partition coefficient (Wildman–Crippen LogP) is 1.74. The molecule has 2 rings (SSSR count). The summed E-state index contributed by atoms with van der Waals surface area (Å²) in [5, 5.41) is 2.66. The first-order valence-electron chi connectivity index (χ1n) is 7.26. The van der Waals surface area contributed by atoms with Crippen LogP contribution in [0.15, 0.2) is 30.3 Å². The van der Waals surface area contributed by atoms with Crippen LogP contribution in [0, 0.1) is 0 Å². The maximum atomic E-state index is 12.1. The molecule has 1 N–H and O–H groups in total. The van der Waals surface area contributed by atoms with Crippen molar-refractivity contribution < 1.29 is 9.59 Å². The number of piperazine rings is 1. The van der Waals surface area contributed by atoms with E-state index in [-0.39, 0.29) is 30.4 Å². The van der Waals surface area contributed by atoms with Crippen molar-refractivity contribution >= 4 is 11.8 Å². The first-order valence-corrected chi connectivity index (χ1v) is 7.26. The van der Waals surface area contributed by atoms with Crippen LogP contribution in [0.4, 0.5) is 0 Å². The van der Waals surface area contributed by atoms with E-state index in [1.54, 1.807) is 4.90 Å². The van der Waals surface area contributed by atoms with Crippen LogP contribution in [0.5, 0.6) is 0 Å². The molecule has 0 aromatic heterocycles. The van der Waals surface area contributed by atoms with Gasteiger partial charge in [-0.25, -0.2) is 0 Å². The zero-order chi connectivity index (χ0) is 14.5. The third-order valence-electron chi connectivity index (χ3n) is 3.90. The molecule has 4 nitrogen and oxygen atoms in total. The van der Waals surface area contributed by atoms with Crippen molar-refractivity contribution in [2.45, 2.75) is 45.2 Å². The van der Waals surface area contributed by atoms with Gasteiger partial charge in [-0.2, -0.15) is 0 Å². The molecule has 1 aromatic rings. The van der Waals surface area contributed by atoms with Crippen LogP contribution in [0.3, 0.4) is 0 Å². The molecule has 2 unspecified atom stereocenters. The molecule has 0 aliphatic carbocycles. The largest absolute Gasteiger partial charge is 0.345 e. The van der Waals surface area contributed by atoms with Crippen LogP contribution in [0.2, 0.25) is 0 Å². The van der Waals surface area contributed by atoms with Gasteiger partial charge in [-0.3, -0.25) is 9.59 Å². The van der Waals surface area contributed by atoms with Gasteiger partial charge >= 0.3 is 0 Å². The van der Waals surface area contributed by atoms with Crippen LogP contribution in [0.1, 0.15) is 32.3 Å². The van der Waals surface area contributed by atoms with Gasteiger partial charge in [-0.1, -0.05) is 37.3 Å². The topological polar surface area (TPSA) is 49.4 Å². The van der Waals surface area contributed by atoms with E-state index in [9.17, 15) is 9.59 Å². The van der Waals surface area contributed by atoms with Crippen molar-refractivity contribution in [1.29, 1.82) is 0 Å². The minimum atomic E-state index is -0.318. The molecule has 4 heteroatoms. The highest BCUT2D eigenvalue weighted by molar-refractivity contribution is 5.94. The molecule has 1 saturated heterocycles. The Kier molecular flexibility index (Phi) is 4.77. The van der Waals surface area contributed by atoms with E-state index in [0.717, 1.165) is 12.8 Å². The monoisotopic (exact) mass is 274 g/mol. The van der Waals surface area contributed by atoms with Gasteiger partial charge in [0.2, 0.25) is 11.8 Å². The van der Waals surface area contributed by atoms with Gasteiger partial charge in [0.25, 0.3) is 0 Å². The molecule has 0 spiro atoms. The standard InChI is InChI=1S/C16H22N2O2/c1-3-14-16(20)17-11-15(19)18(14)12(2)9-10-13-7-5-4-6-8-13/h4-8,12,14H,3,9-11H2,1-2H3,(H,17,20). The lowest BCUT2D eigenvalue weighted by molar-refractivity contribution is -0.148. The minimum absolute atomic E-state index is 0.0250. The molecule has 108 valence electrons. The van der Waals surface area contributed by atoms with E-state index >= 15 is 0 Å². The van der Waals surface area contributed by atoms with Gasteiger partial charge in [0, 0.05) is 6.04 Å². The molecule has 1 aliphatic rings. The van der Waals surface area contributed by atoms with Crippen LogP contribution in [-0.2, 0) is 16.0 Å². The maximum Gasteiger partial charge on any atom is 0.243 e. The second-order valence-electron chi connectivity index (χ2n) is 5.32. The smallest absolute Gasteiger partial charge is 0.243 e. The quantitative estimate of drug-likeness (QED) is 0.889. The summed E-state index contributed by atoms with van der Waals surface area (Å²) in [6.07, 6.45) is 2.45. The number of amides is 2. The Morgan fingerprint density at radius 1 is 1.30 bits per heavy atom. The molecular formula is C16H22N2O2. The van der Waals surface area contributed by atoms with E-state index in [0.29, 0.717) is 6.42 Å². The van der Waals surface area contributed by atoms with Gasteiger partial charge in [-0.15, -0.1) is 0 Å². The predicted molar refractivity (Wildman–Crippen MR) is 78.2 cm³/mol. The Bertz CT molecular complexity index is 473. The first-order chi connectivity index (χ1) is 9.63. The van der Waals surface area contributed by atoms with Gasteiger partial charge in [0.1, 0.15) is 6.04 Å². The van der Waals surface area contributed by atoms with Crippen molar-refractivity contribution in [3.8, 4) is 0 Å². The molecule has 1 aromatic carbocycles. The fourth-order valence-electron chi connectivity index (χ4n) is 2.77. The third kappa shape index (κ3) is 3.18.